The Kier molecular flexibility index (Phi) is 4.37. The van der Waals surface area contributed by atoms with Gasteiger partial charge in [-0.2, -0.15) is 0 Å². The van der Waals surface area contributed by atoms with Crippen molar-refractivity contribution < 1.29 is 4.79 Å². The monoisotopic (exact) mass is 308 g/mol. The van der Waals surface area contributed by atoms with Gasteiger partial charge in [-0.1, -0.05) is 6.07 Å². The largest absolute Gasteiger partial charge is 0.337 e. The zero-order valence-electron chi connectivity index (χ0n) is 13.4. The Bertz CT molecular complexity index is 810. The fourth-order valence-electron chi connectivity index (χ4n) is 2.74. The Labute approximate surface area is 135 Å². The molecular formula is C18H20N4O. The number of carbonyl (C=O) groups excluding carboxylic acids is 1. The van der Waals surface area contributed by atoms with Crippen molar-refractivity contribution in [1.29, 1.82) is 0 Å². The van der Waals surface area contributed by atoms with Crippen molar-refractivity contribution in [2.75, 3.05) is 13.1 Å². The number of carbonyl (C=O) groups is 1. The fraction of sp³-hybridized carbons (Fsp3) is 0.278. The van der Waals surface area contributed by atoms with Gasteiger partial charge in [-0.05, 0) is 50.1 Å². The average Bonchev–Trinajstić information content (AvgIpc) is 2.92. The van der Waals surface area contributed by atoms with E-state index in [1.807, 2.05) is 59.7 Å². The van der Waals surface area contributed by atoms with E-state index in [1.165, 1.54) is 5.56 Å². The molecule has 5 heteroatoms. The molecule has 0 aliphatic heterocycles. The molecule has 3 aromatic rings. The first-order valence-electron chi connectivity index (χ1n) is 7.82. The van der Waals surface area contributed by atoms with E-state index in [2.05, 4.69) is 9.97 Å². The third-order valence-corrected chi connectivity index (χ3v) is 4.00. The van der Waals surface area contributed by atoms with E-state index in [4.69, 9.17) is 0 Å². The lowest BCUT2D eigenvalue weighted by Gasteiger charge is -2.21. The number of fused-ring (bicyclic) bond motifs is 1. The van der Waals surface area contributed by atoms with Gasteiger partial charge in [0.1, 0.15) is 11.3 Å². The quantitative estimate of drug-likeness (QED) is 0.728. The first-order valence-corrected chi connectivity index (χ1v) is 7.82. The summed E-state index contributed by atoms with van der Waals surface area (Å²) >= 11 is 0. The van der Waals surface area contributed by atoms with Crippen molar-refractivity contribution in [2.24, 2.45) is 0 Å². The van der Waals surface area contributed by atoms with Gasteiger partial charge in [0, 0.05) is 31.7 Å². The molecule has 0 spiro atoms. The van der Waals surface area contributed by atoms with Gasteiger partial charge in [0.05, 0.1) is 5.69 Å². The molecule has 1 amide bonds. The number of rotatable bonds is 5. The summed E-state index contributed by atoms with van der Waals surface area (Å²) in [6.07, 6.45) is 6.27. The van der Waals surface area contributed by atoms with Crippen LogP contribution in [0.1, 0.15) is 28.7 Å². The molecule has 0 aromatic carbocycles. The highest BCUT2D eigenvalue weighted by Gasteiger charge is 2.21. The van der Waals surface area contributed by atoms with Crippen LogP contribution in [0, 0.1) is 6.92 Å². The van der Waals surface area contributed by atoms with Crippen molar-refractivity contribution in [3.63, 3.8) is 0 Å². The molecule has 0 radical (unpaired) electrons. The van der Waals surface area contributed by atoms with Gasteiger partial charge < -0.3 is 4.90 Å². The molecule has 3 heterocycles. The topological polar surface area (TPSA) is 50.5 Å². The van der Waals surface area contributed by atoms with E-state index in [-0.39, 0.29) is 5.91 Å². The van der Waals surface area contributed by atoms with Crippen LogP contribution in [0.4, 0.5) is 0 Å². The van der Waals surface area contributed by atoms with E-state index < -0.39 is 0 Å². The molecular weight excluding hydrogens is 288 g/mol. The number of aryl methyl sites for hydroxylation is 1. The van der Waals surface area contributed by atoms with Gasteiger partial charge in [0.25, 0.3) is 5.91 Å². The van der Waals surface area contributed by atoms with Gasteiger partial charge in [-0.3, -0.25) is 14.2 Å². The first-order chi connectivity index (χ1) is 11.2. The average molecular weight is 308 g/mol. The molecule has 5 nitrogen and oxygen atoms in total. The van der Waals surface area contributed by atoms with Gasteiger partial charge in [-0.15, -0.1) is 0 Å². The normalized spacial score (nSPS) is 10.9. The minimum Gasteiger partial charge on any atom is -0.337 e. The standard InChI is InChI=1S/C18H20N4O/c1-3-21(13-9-15-7-10-19-11-8-15)18(23)17-14(2)20-16-6-4-5-12-22(16)17/h4-8,10-12H,3,9,13H2,1-2H3. The molecule has 0 bridgehead atoms. The Morgan fingerprint density at radius 1 is 1.22 bits per heavy atom. The van der Waals surface area contributed by atoms with E-state index in [1.54, 1.807) is 12.4 Å². The lowest BCUT2D eigenvalue weighted by atomic mass is 10.2. The number of nitrogens with zero attached hydrogens (tertiary/aromatic N) is 4. The number of aromatic nitrogens is 3. The maximum absolute atomic E-state index is 12.9. The summed E-state index contributed by atoms with van der Waals surface area (Å²) in [7, 11) is 0. The summed E-state index contributed by atoms with van der Waals surface area (Å²) in [4.78, 5) is 23.3. The van der Waals surface area contributed by atoms with Crippen molar-refractivity contribution in [3.05, 3.63) is 65.9 Å². The summed E-state index contributed by atoms with van der Waals surface area (Å²) < 4.78 is 1.87. The molecule has 0 fully saturated rings. The molecule has 3 aromatic heterocycles. The lowest BCUT2D eigenvalue weighted by molar-refractivity contribution is 0.0758. The molecule has 0 saturated carbocycles. The van der Waals surface area contributed by atoms with Crippen molar-refractivity contribution in [1.82, 2.24) is 19.3 Å². The Hall–Kier alpha value is -2.69. The number of likely N-dealkylation sites (N-methyl/N-ethyl adjacent to an activating group) is 1. The van der Waals surface area contributed by atoms with Crippen LogP contribution < -0.4 is 0 Å². The molecule has 0 aliphatic rings. The fourth-order valence-corrected chi connectivity index (χ4v) is 2.74. The molecule has 0 atom stereocenters. The van der Waals surface area contributed by atoms with Crippen LogP contribution in [0.2, 0.25) is 0 Å². The third kappa shape index (κ3) is 3.08. The van der Waals surface area contributed by atoms with Crippen molar-refractivity contribution in [3.8, 4) is 0 Å². The van der Waals surface area contributed by atoms with E-state index in [0.29, 0.717) is 18.8 Å². The number of hydrogen-bond donors (Lipinski definition) is 0. The molecule has 0 saturated heterocycles. The summed E-state index contributed by atoms with van der Waals surface area (Å²) in [5.41, 5.74) is 3.40. The Morgan fingerprint density at radius 3 is 2.74 bits per heavy atom. The summed E-state index contributed by atoms with van der Waals surface area (Å²) in [5, 5.41) is 0. The highest BCUT2D eigenvalue weighted by Crippen LogP contribution is 2.14. The second kappa shape index (κ2) is 6.60. The van der Waals surface area contributed by atoms with Gasteiger partial charge in [0.15, 0.2) is 0 Å². The number of amides is 1. The van der Waals surface area contributed by atoms with E-state index in [0.717, 1.165) is 17.8 Å². The highest BCUT2D eigenvalue weighted by atomic mass is 16.2. The van der Waals surface area contributed by atoms with Crippen LogP contribution in [-0.2, 0) is 6.42 Å². The van der Waals surface area contributed by atoms with Crippen LogP contribution in [0.3, 0.4) is 0 Å². The Morgan fingerprint density at radius 2 is 2.00 bits per heavy atom. The summed E-state index contributed by atoms with van der Waals surface area (Å²) in [6.45, 7) is 5.24. The first kappa shape index (κ1) is 15.2. The SMILES string of the molecule is CCN(CCc1ccncc1)C(=O)c1c(C)nc2ccccn12. The molecule has 0 unspecified atom stereocenters. The smallest absolute Gasteiger partial charge is 0.272 e. The van der Waals surface area contributed by atoms with Crippen LogP contribution in [-0.4, -0.2) is 38.3 Å². The number of hydrogen-bond acceptors (Lipinski definition) is 3. The van der Waals surface area contributed by atoms with Crippen LogP contribution in [0.5, 0.6) is 0 Å². The number of imidazole rings is 1. The van der Waals surface area contributed by atoms with Crippen LogP contribution in [0.15, 0.2) is 48.9 Å². The third-order valence-electron chi connectivity index (χ3n) is 4.00. The summed E-state index contributed by atoms with van der Waals surface area (Å²) in [6, 6.07) is 9.72. The maximum Gasteiger partial charge on any atom is 0.272 e. The minimum atomic E-state index is 0.0257. The predicted molar refractivity (Wildman–Crippen MR) is 89.4 cm³/mol. The van der Waals surface area contributed by atoms with E-state index in [9.17, 15) is 4.79 Å². The van der Waals surface area contributed by atoms with Crippen LogP contribution in [0.25, 0.3) is 5.65 Å². The van der Waals surface area contributed by atoms with Gasteiger partial charge in [0.2, 0.25) is 0 Å². The minimum absolute atomic E-state index is 0.0257. The summed E-state index contributed by atoms with van der Waals surface area (Å²) in [5.74, 6) is 0.0257. The van der Waals surface area contributed by atoms with Crippen LogP contribution >= 0.6 is 0 Å². The predicted octanol–water partition coefficient (Wildman–Crippen LogP) is 2.74. The number of pyridine rings is 2. The maximum atomic E-state index is 12.9. The second-order valence-electron chi connectivity index (χ2n) is 5.46. The Balaban J connectivity index is 1.83. The molecule has 0 aliphatic carbocycles. The molecule has 118 valence electrons. The molecule has 0 N–H and O–H groups in total. The zero-order valence-corrected chi connectivity index (χ0v) is 13.4. The van der Waals surface area contributed by atoms with E-state index >= 15 is 0 Å². The van der Waals surface area contributed by atoms with Gasteiger partial charge >= 0.3 is 0 Å². The lowest BCUT2D eigenvalue weighted by Crippen LogP contribution is -2.34. The molecule has 23 heavy (non-hydrogen) atoms. The highest BCUT2D eigenvalue weighted by molar-refractivity contribution is 5.94. The zero-order chi connectivity index (χ0) is 16.2. The van der Waals surface area contributed by atoms with Crippen molar-refractivity contribution >= 4 is 11.6 Å². The molecule has 3 rings (SSSR count). The van der Waals surface area contributed by atoms with Crippen molar-refractivity contribution in [2.45, 2.75) is 20.3 Å². The second-order valence-corrected chi connectivity index (χ2v) is 5.46. The van der Waals surface area contributed by atoms with Gasteiger partial charge in [-0.25, -0.2) is 4.98 Å².